The molecule has 2 aromatic carbocycles. The van der Waals surface area contributed by atoms with Crippen molar-refractivity contribution >= 4 is 23.0 Å². The number of carbonyl (C=O) groups excluding carboxylic acids is 2. The molecule has 0 radical (unpaired) electrons. The summed E-state index contributed by atoms with van der Waals surface area (Å²) in [6.07, 6.45) is 0.553. The number of ether oxygens (including phenoxy) is 1. The molecule has 1 aliphatic heterocycles. The van der Waals surface area contributed by atoms with Crippen LogP contribution in [0.3, 0.4) is 0 Å². The van der Waals surface area contributed by atoms with E-state index in [1.807, 2.05) is 6.07 Å². The van der Waals surface area contributed by atoms with E-state index in [4.69, 9.17) is 9.15 Å². The zero-order chi connectivity index (χ0) is 23.2. The molecular weight excluding hydrogens is 422 g/mol. The summed E-state index contributed by atoms with van der Waals surface area (Å²) < 4.78 is 11.9. The second kappa shape index (κ2) is 10.5. The number of oxazole rings is 1. The number of hydrogen-bond acceptors (Lipinski definition) is 6. The maximum atomic E-state index is 12.4. The van der Waals surface area contributed by atoms with E-state index in [-0.39, 0.29) is 18.9 Å². The minimum absolute atomic E-state index is 0.128. The Morgan fingerprint density at radius 1 is 1.03 bits per heavy atom. The molecule has 0 atom stereocenters. The lowest BCUT2D eigenvalue weighted by Crippen LogP contribution is -2.49. The Labute approximate surface area is 192 Å². The molecule has 4 rings (SSSR count). The van der Waals surface area contributed by atoms with Gasteiger partial charge in [0.2, 0.25) is 0 Å². The zero-order valence-electron chi connectivity index (χ0n) is 18.9. The van der Waals surface area contributed by atoms with E-state index >= 15 is 0 Å². The number of aromatic nitrogens is 1. The third-order valence-corrected chi connectivity index (χ3v) is 5.91. The molecule has 2 heterocycles. The predicted molar refractivity (Wildman–Crippen MR) is 124 cm³/mol. The van der Waals surface area contributed by atoms with Crippen molar-refractivity contribution in [1.82, 2.24) is 14.4 Å². The van der Waals surface area contributed by atoms with Crippen LogP contribution in [0.15, 0.2) is 57.7 Å². The molecule has 0 unspecified atom stereocenters. The van der Waals surface area contributed by atoms with Crippen LogP contribution in [0.5, 0.6) is 0 Å². The number of aryl methyl sites for hydroxylation is 2. The van der Waals surface area contributed by atoms with Crippen molar-refractivity contribution in [3.63, 3.8) is 0 Å². The van der Waals surface area contributed by atoms with Crippen LogP contribution in [0, 0.1) is 6.92 Å². The van der Waals surface area contributed by atoms with Gasteiger partial charge in [0, 0.05) is 45.7 Å². The monoisotopic (exact) mass is 451 g/mol. The maximum absolute atomic E-state index is 12.4. The van der Waals surface area contributed by atoms with Crippen LogP contribution in [0.4, 0.5) is 0 Å². The van der Waals surface area contributed by atoms with E-state index in [9.17, 15) is 14.4 Å². The Morgan fingerprint density at radius 2 is 1.82 bits per heavy atom. The summed E-state index contributed by atoms with van der Waals surface area (Å²) in [6.45, 7) is 5.89. The highest BCUT2D eigenvalue weighted by atomic mass is 16.5. The van der Waals surface area contributed by atoms with E-state index in [0.29, 0.717) is 37.2 Å². The Hall–Kier alpha value is -3.39. The number of rotatable bonds is 8. The van der Waals surface area contributed by atoms with Gasteiger partial charge in [-0.1, -0.05) is 42.0 Å². The number of piperazine rings is 1. The molecular formula is C25H29N3O5. The van der Waals surface area contributed by atoms with Crippen LogP contribution in [-0.4, -0.2) is 59.0 Å². The van der Waals surface area contributed by atoms with Crippen molar-refractivity contribution in [2.75, 3.05) is 32.8 Å². The Balaban J connectivity index is 1.16. The summed E-state index contributed by atoms with van der Waals surface area (Å²) in [5.41, 5.74) is 3.74. The molecule has 8 heteroatoms. The summed E-state index contributed by atoms with van der Waals surface area (Å²) in [7, 11) is 0. The molecule has 0 N–H and O–H groups in total. The molecule has 1 saturated heterocycles. The molecule has 1 fully saturated rings. The van der Waals surface area contributed by atoms with Crippen molar-refractivity contribution in [3.8, 4) is 0 Å². The smallest absolute Gasteiger partial charge is 0.419 e. The molecule has 1 aliphatic rings. The van der Waals surface area contributed by atoms with Crippen molar-refractivity contribution < 1.29 is 18.7 Å². The van der Waals surface area contributed by atoms with Crippen molar-refractivity contribution in [2.24, 2.45) is 0 Å². The van der Waals surface area contributed by atoms with Crippen molar-refractivity contribution in [1.29, 1.82) is 0 Å². The summed E-state index contributed by atoms with van der Waals surface area (Å²) in [5, 5.41) is 0. The lowest BCUT2D eigenvalue weighted by Gasteiger charge is -2.34. The number of esters is 1. The zero-order valence-corrected chi connectivity index (χ0v) is 18.9. The van der Waals surface area contributed by atoms with E-state index < -0.39 is 11.7 Å². The van der Waals surface area contributed by atoms with Gasteiger partial charge in [-0.2, -0.15) is 0 Å². The van der Waals surface area contributed by atoms with Crippen LogP contribution < -0.4 is 5.76 Å². The van der Waals surface area contributed by atoms with Crippen LogP contribution in [-0.2, 0) is 27.4 Å². The Morgan fingerprint density at radius 3 is 2.61 bits per heavy atom. The van der Waals surface area contributed by atoms with Crippen LogP contribution in [0.25, 0.3) is 11.1 Å². The molecule has 8 nitrogen and oxygen atoms in total. The molecule has 0 bridgehead atoms. The van der Waals surface area contributed by atoms with E-state index in [1.165, 1.54) is 15.7 Å². The Kier molecular flexibility index (Phi) is 7.24. The van der Waals surface area contributed by atoms with Crippen LogP contribution >= 0.6 is 0 Å². The van der Waals surface area contributed by atoms with Gasteiger partial charge in [0.15, 0.2) is 12.2 Å². The quantitative estimate of drug-likeness (QED) is 0.490. The van der Waals surface area contributed by atoms with E-state index in [1.54, 1.807) is 23.1 Å². The lowest BCUT2D eigenvalue weighted by atomic mass is 10.1. The highest BCUT2D eigenvalue weighted by molar-refractivity contribution is 5.80. The molecule has 0 spiro atoms. The second-order valence-electron chi connectivity index (χ2n) is 8.40. The van der Waals surface area contributed by atoms with Gasteiger partial charge in [0.1, 0.15) is 0 Å². The Bertz CT molecular complexity index is 1170. The summed E-state index contributed by atoms with van der Waals surface area (Å²) >= 11 is 0. The molecule has 1 aromatic heterocycles. The number of benzene rings is 2. The average Bonchev–Trinajstić information content (AvgIpc) is 3.13. The number of fused-ring (bicyclic) bond motifs is 1. The molecule has 0 aliphatic carbocycles. The van der Waals surface area contributed by atoms with Gasteiger partial charge in [0.25, 0.3) is 5.91 Å². The largest absolute Gasteiger partial charge is 0.456 e. The van der Waals surface area contributed by atoms with Crippen LogP contribution in [0.1, 0.15) is 24.0 Å². The van der Waals surface area contributed by atoms with Gasteiger partial charge in [-0.05, 0) is 31.0 Å². The number of nitrogens with zero attached hydrogens (tertiary/aromatic N) is 3. The lowest BCUT2D eigenvalue weighted by molar-refractivity contribution is -0.152. The highest BCUT2D eigenvalue weighted by Crippen LogP contribution is 2.13. The summed E-state index contributed by atoms with van der Waals surface area (Å²) in [5.74, 6) is -1.06. The van der Waals surface area contributed by atoms with Crippen molar-refractivity contribution in [2.45, 2.75) is 32.9 Å². The highest BCUT2D eigenvalue weighted by Gasteiger charge is 2.22. The van der Waals surface area contributed by atoms with Gasteiger partial charge in [-0.15, -0.1) is 0 Å². The normalized spacial score (nSPS) is 14.5. The first kappa shape index (κ1) is 22.8. The topological polar surface area (TPSA) is 85.0 Å². The second-order valence-corrected chi connectivity index (χ2v) is 8.40. The fourth-order valence-corrected chi connectivity index (χ4v) is 4.14. The SMILES string of the molecule is Cc1cccc(CN2CCN(C(=O)COC(=O)CCCn3c(=O)oc4ccccc43)CC2)c1. The van der Waals surface area contributed by atoms with Crippen LogP contribution in [0.2, 0.25) is 0 Å². The van der Waals surface area contributed by atoms with E-state index in [0.717, 1.165) is 19.6 Å². The standard InChI is InChI=1S/C25H29N3O5/c1-19-6-4-7-20(16-19)17-26-12-14-27(15-13-26)23(29)18-32-24(30)10-5-11-28-21-8-2-3-9-22(21)33-25(28)31/h2-4,6-9,16H,5,10-15,17-18H2,1H3. The molecule has 3 aromatic rings. The van der Waals surface area contributed by atoms with Gasteiger partial charge < -0.3 is 14.1 Å². The first-order valence-electron chi connectivity index (χ1n) is 11.3. The average molecular weight is 452 g/mol. The number of para-hydroxylation sites is 2. The summed E-state index contributed by atoms with van der Waals surface area (Å²) in [4.78, 5) is 40.6. The maximum Gasteiger partial charge on any atom is 0.419 e. The first-order valence-corrected chi connectivity index (χ1v) is 11.3. The fourth-order valence-electron chi connectivity index (χ4n) is 4.14. The third-order valence-electron chi connectivity index (χ3n) is 5.91. The summed E-state index contributed by atoms with van der Waals surface area (Å²) in [6, 6.07) is 15.6. The van der Waals surface area contributed by atoms with Gasteiger partial charge in [-0.25, -0.2) is 4.79 Å². The minimum Gasteiger partial charge on any atom is -0.456 e. The predicted octanol–water partition coefficient (Wildman–Crippen LogP) is 2.57. The van der Waals surface area contributed by atoms with Crippen molar-refractivity contribution in [3.05, 3.63) is 70.2 Å². The van der Waals surface area contributed by atoms with Gasteiger partial charge in [0.05, 0.1) is 5.52 Å². The molecule has 0 saturated carbocycles. The number of amides is 1. The van der Waals surface area contributed by atoms with E-state index in [2.05, 4.69) is 36.1 Å². The number of carbonyl (C=O) groups is 2. The first-order chi connectivity index (χ1) is 16.0. The molecule has 1 amide bonds. The molecule has 33 heavy (non-hydrogen) atoms. The number of hydrogen-bond donors (Lipinski definition) is 0. The molecule has 174 valence electrons. The van der Waals surface area contributed by atoms with Gasteiger partial charge >= 0.3 is 11.7 Å². The van der Waals surface area contributed by atoms with Gasteiger partial charge in [-0.3, -0.25) is 19.1 Å². The minimum atomic E-state index is -0.443. The third kappa shape index (κ3) is 5.90. The fraction of sp³-hybridized carbons (Fsp3) is 0.400.